The van der Waals surface area contributed by atoms with Crippen molar-refractivity contribution in [2.24, 2.45) is 5.73 Å². The molecule has 0 heterocycles. The van der Waals surface area contributed by atoms with Crippen LogP contribution in [0.4, 0.5) is 0 Å². The number of aromatic hydroxyl groups is 1. The van der Waals surface area contributed by atoms with Crippen molar-refractivity contribution in [2.75, 3.05) is 0 Å². The summed E-state index contributed by atoms with van der Waals surface area (Å²) in [5.41, 5.74) is 7.47. The monoisotopic (exact) mass is 195 g/mol. The number of nitrogens with two attached hydrogens (primary N) is 1. The van der Waals surface area contributed by atoms with Crippen LogP contribution >= 0.6 is 0 Å². The van der Waals surface area contributed by atoms with E-state index in [4.69, 9.17) is 5.73 Å². The fraction of sp³-hybridized carbons (Fsp3) is 0.455. The Labute approximate surface area is 84.2 Å². The van der Waals surface area contributed by atoms with Gasteiger partial charge in [-0.25, -0.2) is 0 Å². The van der Waals surface area contributed by atoms with E-state index in [1.807, 2.05) is 19.1 Å². The summed E-state index contributed by atoms with van der Waals surface area (Å²) in [5.74, 6) is 0.149. The average molecular weight is 195 g/mol. The van der Waals surface area contributed by atoms with Crippen LogP contribution in [0.25, 0.3) is 0 Å². The van der Waals surface area contributed by atoms with Crippen LogP contribution in [0.5, 0.6) is 5.75 Å². The molecule has 0 aliphatic rings. The van der Waals surface area contributed by atoms with Gasteiger partial charge in [0.05, 0.1) is 12.1 Å². The van der Waals surface area contributed by atoms with E-state index in [2.05, 4.69) is 0 Å². The summed E-state index contributed by atoms with van der Waals surface area (Å²) in [5, 5.41) is 18.9. The first kappa shape index (κ1) is 11.0. The van der Waals surface area contributed by atoms with E-state index in [0.717, 1.165) is 12.0 Å². The third-order valence-electron chi connectivity index (χ3n) is 2.38. The quantitative estimate of drug-likeness (QED) is 0.681. The first-order valence-corrected chi connectivity index (χ1v) is 4.81. The highest BCUT2D eigenvalue weighted by molar-refractivity contribution is 5.38. The highest BCUT2D eigenvalue weighted by atomic mass is 16.3. The Morgan fingerprint density at radius 1 is 1.43 bits per heavy atom. The van der Waals surface area contributed by atoms with E-state index in [0.29, 0.717) is 5.56 Å². The second kappa shape index (κ2) is 4.44. The summed E-state index contributed by atoms with van der Waals surface area (Å²) in [6, 6.07) is 4.79. The maximum atomic E-state index is 9.56. The maximum absolute atomic E-state index is 9.56. The topological polar surface area (TPSA) is 66.5 Å². The van der Waals surface area contributed by atoms with Crippen molar-refractivity contribution in [3.05, 3.63) is 29.3 Å². The Morgan fingerprint density at radius 2 is 2.07 bits per heavy atom. The van der Waals surface area contributed by atoms with Crippen LogP contribution in [-0.4, -0.2) is 16.3 Å². The summed E-state index contributed by atoms with van der Waals surface area (Å²) in [6.07, 6.45) is 0.229. The van der Waals surface area contributed by atoms with Crippen molar-refractivity contribution >= 4 is 0 Å². The summed E-state index contributed by atoms with van der Waals surface area (Å²) < 4.78 is 0. The molecular formula is C11H17NO2. The first-order chi connectivity index (χ1) is 6.56. The molecule has 3 heteroatoms. The molecule has 1 aromatic rings. The Hall–Kier alpha value is -1.06. The molecule has 0 saturated heterocycles. The molecule has 14 heavy (non-hydrogen) atoms. The molecule has 1 aromatic carbocycles. The highest BCUT2D eigenvalue weighted by Crippen LogP contribution is 2.26. The number of aliphatic hydroxyl groups is 1. The molecule has 0 saturated carbocycles. The lowest BCUT2D eigenvalue weighted by Gasteiger charge is -2.17. The zero-order chi connectivity index (χ0) is 10.7. The van der Waals surface area contributed by atoms with Gasteiger partial charge < -0.3 is 15.9 Å². The fourth-order valence-electron chi connectivity index (χ4n) is 1.35. The summed E-state index contributed by atoms with van der Waals surface area (Å²) in [7, 11) is 0. The minimum absolute atomic E-state index is 0.149. The smallest absolute Gasteiger partial charge is 0.120 e. The number of rotatable bonds is 3. The number of aliphatic hydroxyl groups excluding tert-OH is 1. The molecule has 0 aromatic heterocycles. The minimum atomic E-state index is -0.659. The van der Waals surface area contributed by atoms with Gasteiger partial charge in [-0.15, -0.1) is 0 Å². The largest absolute Gasteiger partial charge is 0.508 e. The van der Waals surface area contributed by atoms with Crippen molar-refractivity contribution in [3.63, 3.8) is 0 Å². The second-order valence-electron chi connectivity index (χ2n) is 3.51. The molecule has 0 amide bonds. The predicted molar refractivity (Wildman–Crippen MR) is 56.1 cm³/mol. The van der Waals surface area contributed by atoms with Crippen molar-refractivity contribution in [1.29, 1.82) is 0 Å². The van der Waals surface area contributed by atoms with Gasteiger partial charge in [0.25, 0.3) is 0 Å². The second-order valence-corrected chi connectivity index (χ2v) is 3.51. The Kier molecular flexibility index (Phi) is 3.49. The van der Waals surface area contributed by atoms with Crippen LogP contribution in [-0.2, 0) is 6.42 Å². The number of benzene rings is 1. The average Bonchev–Trinajstić information content (AvgIpc) is 2.17. The molecule has 0 bridgehead atoms. The van der Waals surface area contributed by atoms with Crippen LogP contribution in [0.3, 0.4) is 0 Å². The van der Waals surface area contributed by atoms with Gasteiger partial charge in [0.1, 0.15) is 5.75 Å². The van der Waals surface area contributed by atoms with Gasteiger partial charge >= 0.3 is 0 Å². The van der Waals surface area contributed by atoms with Crippen molar-refractivity contribution in [3.8, 4) is 5.75 Å². The molecule has 0 spiro atoms. The van der Waals surface area contributed by atoms with E-state index >= 15 is 0 Å². The lowest BCUT2D eigenvalue weighted by Crippen LogP contribution is -2.23. The zero-order valence-electron chi connectivity index (χ0n) is 8.57. The number of hydrogen-bond acceptors (Lipinski definition) is 3. The zero-order valence-corrected chi connectivity index (χ0v) is 8.57. The minimum Gasteiger partial charge on any atom is -0.508 e. The van der Waals surface area contributed by atoms with Gasteiger partial charge in [-0.05, 0) is 25.0 Å². The van der Waals surface area contributed by atoms with Gasteiger partial charge in [-0.2, -0.15) is 0 Å². The third-order valence-corrected chi connectivity index (χ3v) is 2.38. The van der Waals surface area contributed by atoms with E-state index in [-0.39, 0.29) is 5.75 Å². The van der Waals surface area contributed by atoms with Crippen LogP contribution < -0.4 is 5.73 Å². The van der Waals surface area contributed by atoms with E-state index in [1.54, 1.807) is 13.0 Å². The van der Waals surface area contributed by atoms with Crippen molar-refractivity contribution < 1.29 is 10.2 Å². The summed E-state index contributed by atoms with van der Waals surface area (Å²) in [6.45, 7) is 3.65. The van der Waals surface area contributed by atoms with Crippen LogP contribution in [0.2, 0.25) is 0 Å². The Balaban J connectivity index is 3.05. The van der Waals surface area contributed by atoms with Gasteiger partial charge in [0, 0.05) is 5.56 Å². The molecule has 78 valence electrons. The van der Waals surface area contributed by atoms with Gasteiger partial charge in [-0.3, -0.25) is 0 Å². The van der Waals surface area contributed by atoms with E-state index in [1.165, 1.54) is 0 Å². The molecule has 0 unspecified atom stereocenters. The molecule has 0 fully saturated rings. The lowest BCUT2D eigenvalue weighted by molar-refractivity contribution is 0.163. The molecule has 0 aliphatic heterocycles. The molecular weight excluding hydrogens is 178 g/mol. The van der Waals surface area contributed by atoms with Crippen LogP contribution in [0.15, 0.2) is 18.2 Å². The number of aryl methyl sites for hydroxylation is 1. The lowest BCUT2D eigenvalue weighted by atomic mass is 9.99. The summed E-state index contributed by atoms with van der Waals surface area (Å²) in [4.78, 5) is 0. The predicted octanol–water partition coefficient (Wildman–Crippen LogP) is 1.34. The van der Waals surface area contributed by atoms with Crippen molar-refractivity contribution in [1.82, 2.24) is 0 Å². The number of phenols is 1. The Morgan fingerprint density at radius 3 is 2.57 bits per heavy atom. The van der Waals surface area contributed by atoms with Crippen LogP contribution in [0.1, 0.15) is 31.0 Å². The number of hydrogen-bond donors (Lipinski definition) is 3. The molecule has 4 N–H and O–H groups in total. The van der Waals surface area contributed by atoms with E-state index < -0.39 is 12.1 Å². The fourth-order valence-corrected chi connectivity index (χ4v) is 1.35. The van der Waals surface area contributed by atoms with Crippen molar-refractivity contribution in [2.45, 2.75) is 32.4 Å². The SMILES string of the molecule is CCc1ccc(O)c([C@H](N)[C@H](C)O)c1. The molecule has 2 atom stereocenters. The van der Waals surface area contributed by atoms with Crippen LogP contribution in [0, 0.1) is 0 Å². The van der Waals surface area contributed by atoms with E-state index in [9.17, 15) is 10.2 Å². The molecule has 0 radical (unpaired) electrons. The first-order valence-electron chi connectivity index (χ1n) is 4.81. The third kappa shape index (κ3) is 2.25. The molecule has 3 nitrogen and oxygen atoms in total. The summed E-state index contributed by atoms with van der Waals surface area (Å²) >= 11 is 0. The van der Waals surface area contributed by atoms with Gasteiger partial charge in [0.2, 0.25) is 0 Å². The molecule has 1 rings (SSSR count). The Bertz CT molecular complexity index is 310. The normalized spacial score (nSPS) is 15.1. The van der Waals surface area contributed by atoms with Gasteiger partial charge in [0.15, 0.2) is 0 Å². The standard InChI is InChI=1S/C11H17NO2/c1-3-8-4-5-10(14)9(6-8)11(12)7(2)13/h4-7,11,13-14H,3,12H2,1-2H3/t7-,11+/m0/s1. The number of phenolic OH excluding ortho intramolecular Hbond substituents is 1. The highest BCUT2D eigenvalue weighted by Gasteiger charge is 2.15. The maximum Gasteiger partial charge on any atom is 0.120 e. The van der Waals surface area contributed by atoms with Gasteiger partial charge in [-0.1, -0.05) is 19.1 Å². The molecule has 0 aliphatic carbocycles.